The van der Waals surface area contributed by atoms with E-state index in [9.17, 15) is 14.0 Å². The van der Waals surface area contributed by atoms with E-state index < -0.39 is 0 Å². The molecule has 2 atom stereocenters. The summed E-state index contributed by atoms with van der Waals surface area (Å²) in [5.74, 6) is -0.539. The van der Waals surface area contributed by atoms with Crippen molar-refractivity contribution in [3.8, 4) is 0 Å². The first-order valence-corrected chi connectivity index (χ1v) is 8.02. The van der Waals surface area contributed by atoms with E-state index in [2.05, 4.69) is 0 Å². The molecule has 2 aliphatic rings. The van der Waals surface area contributed by atoms with Gasteiger partial charge in [-0.15, -0.1) is 0 Å². The molecular formula is C17H21FN2O3. The van der Waals surface area contributed by atoms with Gasteiger partial charge in [-0.2, -0.15) is 0 Å². The molecule has 0 aliphatic carbocycles. The first kappa shape index (κ1) is 15.9. The average Bonchev–Trinajstić information content (AvgIpc) is 2.95. The molecule has 0 unspecified atom stereocenters. The molecule has 0 radical (unpaired) electrons. The summed E-state index contributed by atoms with van der Waals surface area (Å²) in [6.45, 7) is 4.39. The normalized spacial score (nSPS) is 25.0. The zero-order valence-corrected chi connectivity index (χ0v) is 13.2. The maximum Gasteiger partial charge on any atom is 0.228 e. The van der Waals surface area contributed by atoms with Gasteiger partial charge in [-0.1, -0.05) is 12.1 Å². The quantitative estimate of drug-likeness (QED) is 0.850. The fourth-order valence-electron chi connectivity index (χ4n) is 3.26. The Balaban J connectivity index is 1.67. The number of benzene rings is 1. The lowest BCUT2D eigenvalue weighted by Crippen LogP contribution is -2.45. The van der Waals surface area contributed by atoms with Crippen LogP contribution in [0.15, 0.2) is 24.3 Å². The van der Waals surface area contributed by atoms with Crippen molar-refractivity contribution < 1.29 is 18.7 Å². The third-order valence-corrected chi connectivity index (χ3v) is 4.54. The van der Waals surface area contributed by atoms with Crippen molar-refractivity contribution >= 4 is 11.8 Å². The number of rotatable bonds is 3. The standard InChI is InChI=1S/C17H21FN2O3/c1-2-19-10-13(9-16(19)21)17(22)20-6-7-23-15(11-20)12-4-3-5-14(18)8-12/h3-5,8,13,15H,2,6-7,9-11H2,1H3/t13-,15-/m0/s1. The number of amides is 2. The van der Waals surface area contributed by atoms with Crippen LogP contribution in [0.25, 0.3) is 0 Å². The molecule has 2 saturated heterocycles. The highest BCUT2D eigenvalue weighted by Crippen LogP contribution is 2.26. The van der Waals surface area contributed by atoms with Crippen molar-refractivity contribution in [1.82, 2.24) is 9.80 Å². The zero-order chi connectivity index (χ0) is 16.4. The monoisotopic (exact) mass is 320 g/mol. The number of morpholine rings is 1. The molecular weight excluding hydrogens is 299 g/mol. The molecule has 0 saturated carbocycles. The van der Waals surface area contributed by atoms with E-state index >= 15 is 0 Å². The van der Waals surface area contributed by atoms with Gasteiger partial charge in [0.2, 0.25) is 11.8 Å². The largest absolute Gasteiger partial charge is 0.370 e. The Bertz CT molecular complexity index is 607. The van der Waals surface area contributed by atoms with E-state index in [1.807, 2.05) is 6.92 Å². The van der Waals surface area contributed by atoms with Crippen LogP contribution in [0.3, 0.4) is 0 Å². The van der Waals surface area contributed by atoms with Crippen LogP contribution in [-0.4, -0.2) is 54.4 Å². The lowest BCUT2D eigenvalue weighted by molar-refractivity contribution is -0.143. The van der Waals surface area contributed by atoms with Gasteiger partial charge in [0.25, 0.3) is 0 Å². The van der Waals surface area contributed by atoms with Crippen molar-refractivity contribution in [2.75, 3.05) is 32.8 Å². The second-order valence-corrected chi connectivity index (χ2v) is 6.03. The predicted molar refractivity (Wildman–Crippen MR) is 82.0 cm³/mol. The van der Waals surface area contributed by atoms with E-state index in [1.165, 1.54) is 12.1 Å². The van der Waals surface area contributed by atoms with E-state index in [0.717, 1.165) is 5.56 Å². The summed E-state index contributed by atoms with van der Waals surface area (Å²) in [5.41, 5.74) is 0.736. The Labute approximate surface area is 135 Å². The van der Waals surface area contributed by atoms with Gasteiger partial charge in [-0.25, -0.2) is 4.39 Å². The first-order chi connectivity index (χ1) is 11.1. The highest BCUT2D eigenvalue weighted by molar-refractivity contribution is 5.89. The zero-order valence-electron chi connectivity index (χ0n) is 13.2. The number of hydrogen-bond acceptors (Lipinski definition) is 3. The number of likely N-dealkylation sites (tertiary alicyclic amines) is 1. The Morgan fingerprint density at radius 1 is 1.39 bits per heavy atom. The van der Waals surface area contributed by atoms with Crippen LogP contribution in [0.2, 0.25) is 0 Å². The molecule has 23 heavy (non-hydrogen) atoms. The number of hydrogen-bond donors (Lipinski definition) is 0. The molecule has 0 spiro atoms. The molecule has 2 fully saturated rings. The second-order valence-electron chi connectivity index (χ2n) is 6.03. The SMILES string of the molecule is CCN1C[C@@H](C(=O)N2CCO[C@H](c3cccc(F)c3)C2)CC1=O. The van der Waals surface area contributed by atoms with Crippen molar-refractivity contribution in [3.63, 3.8) is 0 Å². The van der Waals surface area contributed by atoms with Gasteiger partial charge in [0.1, 0.15) is 11.9 Å². The molecule has 0 bridgehead atoms. The summed E-state index contributed by atoms with van der Waals surface area (Å²) < 4.78 is 19.1. The molecule has 3 rings (SSSR count). The van der Waals surface area contributed by atoms with Gasteiger partial charge in [0, 0.05) is 26.1 Å². The van der Waals surface area contributed by atoms with Gasteiger partial charge in [0.15, 0.2) is 0 Å². The predicted octanol–water partition coefficient (Wildman–Crippen LogP) is 1.59. The second kappa shape index (κ2) is 6.66. The summed E-state index contributed by atoms with van der Waals surface area (Å²) >= 11 is 0. The molecule has 0 aromatic heterocycles. The number of halogens is 1. The molecule has 2 heterocycles. The third-order valence-electron chi connectivity index (χ3n) is 4.54. The van der Waals surface area contributed by atoms with Gasteiger partial charge in [-0.05, 0) is 24.6 Å². The van der Waals surface area contributed by atoms with Gasteiger partial charge in [-0.3, -0.25) is 9.59 Å². The minimum Gasteiger partial charge on any atom is -0.370 e. The van der Waals surface area contributed by atoms with Crippen LogP contribution in [-0.2, 0) is 14.3 Å². The van der Waals surface area contributed by atoms with Crippen LogP contribution in [0.1, 0.15) is 25.0 Å². The van der Waals surface area contributed by atoms with Crippen molar-refractivity contribution in [2.24, 2.45) is 5.92 Å². The van der Waals surface area contributed by atoms with Crippen LogP contribution in [0, 0.1) is 11.7 Å². The number of carbonyl (C=O) groups excluding carboxylic acids is 2. The van der Waals surface area contributed by atoms with Crippen LogP contribution in [0.4, 0.5) is 4.39 Å². The Morgan fingerprint density at radius 2 is 2.22 bits per heavy atom. The van der Waals surface area contributed by atoms with Gasteiger partial charge in [0.05, 0.1) is 19.1 Å². The Hall–Kier alpha value is -1.95. The van der Waals surface area contributed by atoms with Crippen molar-refractivity contribution in [2.45, 2.75) is 19.4 Å². The topological polar surface area (TPSA) is 49.9 Å². The summed E-state index contributed by atoms with van der Waals surface area (Å²) in [6, 6.07) is 6.28. The smallest absolute Gasteiger partial charge is 0.228 e. The van der Waals surface area contributed by atoms with Crippen LogP contribution < -0.4 is 0 Å². The van der Waals surface area contributed by atoms with Gasteiger partial charge < -0.3 is 14.5 Å². The minimum atomic E-state index is -0.317. The van der Waals surface area contributed by atoms with E-state index in [4.69, 9.17) is 4.74 Å². The number of carbonyl (C=O) groups is 2. The first-order valence-electron chi connectivity index (χ1n) is 8.02. The van der Waals surface area contributed by atoms with E-state index in [0.29, 0.717) is 32.8 Å². The maximum atomic E-state index is 13.4. The van der Waals surface area contributed by atoms with Crippen molar-refractivity contribution in [1.29, 1.82) is 0 Å². The number of nitrogens with zero attached hydrogens (tertiary/aromatic N) is 2. The highest BCUT2D eigenvalue weighted by atomic mass is 19.1. The molecule has 5 nitrogen and oxygen atoms in total. The molecule has 2 amide bonds. The molecule has 1 aromatic rings. The molecule has 6 heteroatoms. The molecule has 2 aliphatic heterocycles. The van der Waals surface area contributed by atoms with E-state index in [1.54, 1.807) is 21.9 Å². The Morgan fingerprint density at radius 3 is 2.91 bits per heavy atom. The third kappa shape index (κ3) is 3.37. The fraction of sp³-hybridized carbons (Fsp3) is 0.529. The van der Waals surface area contributed by atoms with E-state index in [-0.39, 0.29) is 36.1 Å². The summed E-state index contributed by atoms with van der Waals surface area (Å²) in [6.07, 6.45) is -0.0305. The van der Waals surface area contributed by atoms with Gasteiger partial charge >= 0.3 is 0 Å². The number of ether oxygens (including phenoxy) is 1. The lowest BCUT2D eigenvalue weighted by Gasteiger charge is -2.34. The average molecular weight is 320 g/mol. The maximum absolute atomic E-state index is 13.4. The summed E-state index contributed by atoms with van der Waals surface area (Å²) in [4.78, 5) is 27.9. The fourth-order valence-corrected chi connectivity index (χ4v) is 3.26. The minimum absolute atomic E-state index is 0.000923. The molecule has 1 aromatic carbocycles. The molecule has 124 valence electrons. The van der Waals surface area contributed by atoms with Crippen molar-refractivity contribution in [3.05, 3.63) is 35.6 Å². The summed E-state index contributed by atoms with van der Waals surface area (Å²) in [7, 11) is 0. The van der Waals surface area contributed by atoms with Crippen LogP contribution in [0.5, 0.6) is 0 Å². The Kier molecular flexibility index (Phi) is 4.61. The lowest BCUT2D eigenvalue weighted by atomic mass is 10.0. The highest BCUT2D eigenvalue weighted by Gasteiger charge is 2.37. The molecule has 0 N–H and O–H groups in total. The van der Waals surface area contributed by atoms with Crippen LogP contribution >= 0.6 is 0 Å². The summed E-state index contributed by atoms with van der Waals surface area (Å²) in [5, 5.41) is 0.